The normalized spacial score (nSPS) is 21.7. The molecule has 0 radical (unpaired) electrons. The zero-order valence-electron chi connectivity index (χ0n) is 11.6. The smallest absolute Gasteiger partial charge is 0.317 e. The minimum absolute atomic E-state index is 0.0366. The lowest BCUT2D eigenvalue weighted by molar-refractivity contribution is -0.137. The number of carboxylic acids is 1. The minimum Gasteiger partial charge on any atom is -0.481 e. The third-order valence-electron chi connectivity index (χ3n) is 4.34. The van der Waals surface area contributed by atoms with E-state index in [-0.39, 0.29) is 18.5 Å². The summed E-state index contributed by atoms with van der Waals surface area (Å²) in [5.41, 5.74) is 0. The molecule has 2 aliphatic rings. The summed E-state index contributed by atoms with van der Waals surface area (Å²) in [6, 6.07) is 0.0134. The van der Waals surface area contributed by atoms with Crippen LogP contribution in [0.25, 0.3) is 0 Å². The van der Waals surface area contributed by atoms with Gasteiger partial charge in [0.1, 0.15) is 0 Å². The topological polar surface area (TPSA) is 69.6 Å². The second-order valence-corrected chi connectivity index (χ2v) is 5.89. The molecule has 0 saturated heterocycles. The molecular formula is C14H24N2O3. The maximum Gasteiger partial charge on any atom is 0.317 e. The lowest BCUT2D eigenvalue weighted by Crippen LogP contribution is -2.49. The van der Waals surface area contributed by atoms with E-state index in [1.165, 1.54) is 19.3 Å². The molecule has 0 spiro atoms. The van der Waals surface area contributed by atoms with Gasteiger partial charge in [0.05, 0.1) is 6.42 Å². The maximum atomic E-state index is 12.2. The Kier molecular flexibility index (Phi) is 4.66. The van der Waals surface area contributed by atoms with Gasteiger partial charge in [-0.15, -0.1) is 0 Å². The second-order valence-electron chi connectivity index (χ2n) is 5.89. The zero-order chi connectivity index (χ0) is 13.8. The van der Waals surface area contributed by atoms with Crippen molar-refractivity contribution in [3.63, 3.8) is 0 Å². The highest BCUT2D eigenvalue weighted by Crippen LogP contribution is 2.34. The highest BCUT2D eigenvalue weighted by atomic mass is 16.4. The lowest BCUT2D eigenvalue weighted by atomic mass is 9.95. The highest BCUT2D eigenvalue weighted by Gasteiger charge is 2.35. The molecule has 2 fully saturated rings. The zero-order valence-corrected chi connectivity index (χ0v) is 11.6. The van der Waals surface area contributed by atoms with Crippen LogP contribution in [0.3, 0.4) is 0 Å². The van der Waals surface area contributed by atoms with Crippen LogP contribution in [0.1, 0.15) is 51.4 Å². The first kappa shape index (κ1) is 14.2. The lowest BCUT2D eigenvalue weighted by Gasteiger charge is -2.32. The summed E-state index contributed by atoms with van der Waals surface area (Å²) in [6.07, 6.45) is 7.86. The van der Waals surface area contributed by atoms with Crippen LogP contribution in [0.15, 0.2) is 0 Å². The fraction of sp³-hybridized carbons (Fsp3) is 0.857. The Labute approximate surface area is 114 Å². The van der Waals surface area contributed by atoms with Crippen molar-refractivity contribution in [2.75, 3.05) is 7.05 Å². The molecular weight excluding hydrogens is 244 g/mol. The molecule has 2 aliphatic carbocycles. The number of urea groups is 1. The first-order valence-electron chi connectivity index (χ1n) is 7.33. The van der Waals surface area contributed by atoms with Gasteiger partial charge in [0, 0.05) is 19.1 Å². The van der Waals surface area contributed by atoms with Crippen LogP contribution in [-0.4, -0.2) is 41.1 Å². The van der Waals surface area contributed by atoms with Crippen LogP contribution in [0.4, 0.5) is 4.79 Å². The molecule has 0 aliphatic heterocycles. The second kappa shape index (κ2) is 6.26. The van der Waals surface area contributed by atoms with E-state index >= 15 is 0 Å². The van der Waals surface area contributed by atoms with Crippen LogP contribution < -0.4 is 5.32 Å². The summed E-state index contributed by atoms with van der Waals surface area (Å²) in [5, 5.41) is 11.8. The first-order chi connectivity index (χ1) is 9.08. The van der Waals surface area contributed by atoms with E-state index in [0.29, 0.717) is 12.0 Å². The number of hydrogen-bond donors (Lipinski definition) is 2. The predicted molar refractivity (Wildman–Crippen MR) is 71.9 cm³/mol. The molecule has 0 bridgehead atoms. The molecule has 0 heterocycles. The van der Waals surface area contributed by atoms with E-state index in [9.17, 15) is 9.59 Å². The minimum atomic E-state index is -0.836. The monoisotopic (exact) mass is 268 g/mol. The first-order valence-corrected chi connectivity index (χ1v) is 7.33. The van der Waals surface area contributed by atoms with E-state index in [2.05, 4.69) is 5.32 Å². The SMILES string of the molecule is CN(C(=O)NC(CC(=O)O)C1CC1)C1CCCCC1. The summed E-state index contributed by atoms with van der Waals surface area (Å²) in [6.45, 7) is 0. The van der Waals surface area contributed by atoms with Crippen molar-refractivity contribution in [3.05, 3.63) is 0 Å². The fourth-order valence-corrected chi connectivity index (χ4v) is 2.92. The number of hydrogen-bond acceptors (Lipinski definition) is 2. The Morgan fingerprint density at radius 3 is 2.37 bits per heavy atom. The molecule has 5 nitrogen and oxygen atoms in total. The summed E-state index contributed by atoms with van der Waals surface area (Å²) in [7, 11) is 1.83. The van der Waals surface area contributed by atoms with E-state index in [1.54, 1.807) is 4.90 Å². The summed E-state index contributed by atoms with van der Waals surface area (Å²) >= 11 is 0. The molecule has 0 aromatic carbocycles. The molecule has 2 amide bonds. The molecule has 1 unspecified atom stereocenters. The third-order valence-corrected chi connectivity index (χ3v) is 4.34. The average molecular weight is 268 g/mol. The number of carboxylic acid groups (broad SMARTS) is 1. The van der Waals surface area contributed by atoms with E-state index in [0.717, 1.165) is 25.7 Å². The summed E-state index contributed by atoms with van der Waals surface area (Å²) in [5.74, 6) is -0.475. The number of carbonyl (C=O) groups is 2. The number of aliphatic carboxylic acids is 1. The quantitative estimate of drug-likeness (QED) is 0.803. The molecule has 5 heteroatoms. The van der Waals surface area contributed by atoms with Crippen LogP contribution in [0.2, 0.25) is 0 Å². The summed E-state index contributed by atoms with van der Waals surface area (Å²) in [4.78, 5) is 24.8. The third kappa shape index (κ3) is 4.11. The molecule has 2 N–H and O–H groups in total. The van der Waals surface area contributed by atoms with Crippen molar-refractivity contribution in [3.8, 4) is 0 Å². The van der Waals surface area contributed by atoms with Crippen molar-refractivity contribution in [1.82, 2.24) is 10.2 Å². The van der Waals surface area contributed by atoms with Gasteiger partial charge in [0.25, 0.3) is 0 Å². The van der Waals surface area contributed by atoms with Gasteiger partial charge >= 0.3 is 12.0 Å². The van der Waals surface area contributed by atoms with E-state index in [1.807, 2.05) is 7.05 Å². The van der Waals surface area contributed by atoms with Crippen LogP contribution >= 0.6 is 0 Å². The Balaban J connectivity index is 1.85. The Bertz CT molecular complexity index is 336. The highest BCUT2D eigenvalue weighted by molar-refractivity contribution is 5.76. The Morgan fingerprint density at radius 2 is 1.84 bits per heavy atom. The molecule has 108 valence electrons. The van der Waals surface area contributed by atoms with Crippen molar-refractivity contribution < 1.29 is 14.7 Å². The molecule has 2 rings (SSSR count). The van der Waals surface area contributed by atoms with Gasteiger partial charge in [-0.1, -0.05) is 19.3 Å². The van der Waals surface area contributed by atoms with Gasteiger partial charge in [-0.2, -0.15) is 0 Å². The number of amides is 2. The van der Waals surface area contributed by atoms with Gasteiger partial charge in [-0.05, 0) is 31.6 Å². The van der Waals surface area contributed by atoms with E-state index < -0.39 is 5.97 Å². The predicted octanol–water partition coefficient (Wildman–Crippen LogP) is 2.21. The van der Waals surface area contributed by atoms with Crippen LogP contribution in [0, 0.1) is 5.92 Å². The number of rotatable bonds is 5. The molecule has 19 heavy (non-hydrogen) atoms. The molecule has 1 atom stereocenters. The van der Waals surface area contributed by atoms with Gasteiger partial charge in [0.15, 0.2) is 0 Å². The van der Waals surface area contributed by atoms with Crippen molar-refractivity contribution in [2.45, 2.75) is 63.5 Å². The summed E-state index contributed by atoms with van der Waals surface area (Å²) < 4.78 is 0. The van der Waals surface area contributed by atoms with Gasteiger partial charge < -0.3 is 15.3 Å². The number of carbonyl (C=O) groups excluding carboxylic acids is 1. The number of nitrogens with one attached hydrogen (secondary N) is 1. The van der Waals surface area contributed by atoms with Crippen molar-refractivity contribution in [2.24, 2.45) is 5.92 Å². The standard InChI is InChI=1S/C14H24N2O3/c1-16(11-5-3-2-4-6-11)14(19)15-12(9-13(17)18)10-7-8-10/h10-12H,2-9H2,1H3,(H,15,19)(H,17,18). The fourth-order valence-electron chi connectivity index (χ4n) is 2.92. The molecule has 0 aromatic heterocycles. The van der Waals surface area contributed by atoms with Crippen LogP contribution in [0.5, 0.6) is 0 Å². The van der Waals surface area contributed by atoms with Crippen molar-refractivity contribution >= 4 is 12.0 Å². The van der Waals surface area contributed by atoms with Crippen LogP contribution in [-0.2, 0) is 4.79 Å². The average Bonchev–Trinajstić information content (AvgIpc) is 3.21. The molecule has 0 aromatic rings. The van der Waals surface area contributed by atoms with Crippen molar-refractivity contribution in [1.29, 1.82) is 0 Å². The maximum absolute atomic E-state index is 12.2. The van der Waals surface area contributed by atoms with Gasteiger partial charge in [-0.25, -0.2) is 4.79 Å². The largest absolute Gasteiger partial charge is 0.481 e. The Morgan fingerprint density at radius 1 is 1.21 bits per heavy atom. The Hall–Kier alpha value is -1.26. The van der Waals surface area contributed by atoms with E-state index in [4.69, 9.17) is 5.11 Å². The van der Waals surface area contributed by atoms with Gasteiger partial charge in [-0.3, -0.25) is 4.79 Å². The molecule has 2 saturated carbocycles. The van der Waals surface area contributed by atoms with Gasteiger partial charge in [0.2, 0.25) is 0 Å². The number of nitrogens with zero attached hydrogens (tertiary/aromatic N) is 1.